The number of amides is 5. The third-order valence-corrected chi connectivity index (χ3v) is 18.4. The number of methoxy groups -OCH3 is 1. The van der Waals surface area contributed by atoms with Gasteiger partial charge in [-0.1, -0.05) is 32.9 Å². The predicted molar refractivity (Wildman–Crippen MR) is 323 cm³/mol. The second kappa shape index (κ2) is 24.3. The standard InChI is InChI=1S/C64H74F2N10O8S/c1-38-55(85-37-69-38)40-6-7-41(34-68-57(78)52-31-46(77)36-76(52)58(79)56(62(2,3)4)73-61(82)64(66)23-24-64)49(30-40)70-45-19-26-74(27-20-45)35-39-17-28-75(29-18-39)51-33-50-48(32-54(51)83-5)53(16-25-67-50)84-47-14-12-44(13-15-47)72-60(81)63(21-22-63)59(80)71-43-10-8-42(65)9-11-43/h6-16,25,30,32-33,37,39,45-46,52,56,70,77H,17-24,26-29,31,34-36H2,1-5H3,(H,68,78)(H,71,80)(H,72,81)(H,73,82)/t46-,52+,56-/m1/s1. The highest BCUT2D eigenvalue weighted by Crippen LogP contribution is 2.48. The highest BCUT2D eigenvalue weighted by atomic mass is 32.1. The number of aliphatic hydroxyl groups is 1. The molecule has 2 aliphatic carbocycles. The molecular weight excluding hydrogens is 1110 g/mol. The van der Waals surface area contributed by atoms with Crippen molar-refractivity contribution in [3.63, 3.8) is 0 Å². The monoisotopic (exact) mass is 1180 g/mol. The molecule has 0 radical (unpaired) electrons. The van der Waals surface area contributed by atoms with Crippen LogP contribution in [0.5, 0.6) is 17.2 Å². The van der Waals surface area contributed by atoms with Gasteiger partial charge < -0.3 is 55.9 Å². The largest absolute Gasteiger partial charge is 0.495 e. The summed E-state index contributed by atoms with van der Waals surface area (Å²) in [6.07, 6.45) is 5.78. The van der Waals surface area contributed by atoms with Gasteiger partial charge in [0.25, 0.3) is 5.91 Å². The second-order valence-corrected chi connectivity index (χ2v) is 25.5. The Morgan fingerprint density at radius 3 is 2.13 bits per heavy atom. The molecule has 0 unspecified atom stereocenters. The van der Waals surface area contributed by atoms with Gasteiger partial charge >= 0.3 is 0 Å². The Balaban J connectivity index is 0.673. The third kappa shape index (κ3) is 13.2. The molecule has 3 saturated heterocycles. The minimum Gasteiger partial charge on any atom is -0.495 e. The number of likely N-dealkylation sites (tertiary alicyclic amines) is 2. The van der Waals surface area contributed by atoms with Crippen molar-refractivity contribution in [3.05, 3.63) is 114 Å². The molecule has 5 aliphatic rings. The number of hydrogen-bond acceptors (Lipinski definition) is 14. The normalized spacial score (nSPS) is 19.9. The molecule has 5 heterocycles. The van der Waals surface area contributed by atoms with Crippen molar-refractivity contribution in [1.29, 1.82) is 0 Å². The quantitative estimate of drug-likeness (QED) is 0.0417. The molecule has 0 spiro atoms. The molecule has 2 saturated carbocycles. The first-order valence-electron chi connectivity index (χ1n) is 29.4. The van der Waals surface area contributed by atoms with E-state index in [2.05, 4.69) is 53.5 Å². The average Bonchev–Trinajstić information content (AvgIpc) is 3.95. The van der Waals surface area contributed by atoms with Crippen LogP contribution in [0.3, 0.4) is 0 Å². The number of aryl methyl sites for hydroxylation is 1. The first kappa shape index (κ1) is 59.0. The molecule has 0 bridgehead atoms. The molecule has 448 valence electrons. The molecule has 6 N–H and O–H groups in total. The van der Waals surface area contributed by atoms with Gasteiger partial charge in [0.2, 0.25) is 23.6 Å². The van der Waals surface area contributed by atoms with E-state index in [1.54, 1.807) is 75.7 Å². The summed E-state index contributed by atoms with van der Waals surface area (Å²) in [7, 11) is 1.67. The molecular formula is C64H74F2N10O8S. The number of β-amino-alcohol motifs (C(OH)–C–C–N with tert-alkyl or cyclic N) is 1. The van der Waals surface area contributed by atoms with E-state index >= 15 is 0 Å². The van der Waals surface area contributed by atoms with Crippen molar-refractivity contribution in [2.24, 2.45) is 16.7 Å². The zero-order chi connectivity index (χ0) is 59.8. The number of anilines is 4. The van der Waals surface area contributed by atoms with Gasteiger partial charge in [-0.3, -0.25) is 29.0 Å². The Kier molecular flexibility index (Phi) is 16.9. The van der Waals surface area contributed by atoms with Crippen molar-refractivity contribution in [2.45, 2.75) is 122 Å². The molecule has 4 aromatic carbocycles. The van der Waals surface area contributed by atoms with Gasteiger partial charge in [-0.05, 0) is 154 Å². The SMILES string of the molecule is COc1cc2c(Oc3ccc(NC(=O)C4(C(=O)Nc5ccc(F)cc5)CC4)cc3)ccnc2cc1N1CCC(CN2CCC(Nc3cc(-c4scnc4C)ccc3CNC(=O)[C@@H]3C[C@@H](O)CN3C(=O)[C@@H](NC(=O)C3(F)CC3)C(C)(C)C)CC2)CC1. The van der Waals surface area contributed by atoms with Crippen LogP contribution in [0.4, 0.5) is 31.5 Å². The smallest absolute Gasteiger partial charge is 0.258 e. The number of ether oxygens (including phenoxy) is 2. The molecule has 5 amide bonds. The number of alkyl halides is 1. The average molecular weight is 1180 g/mol. The number of aromatic nitrogens is 2. The molecule has 11 rings (SSSR count). The van der Waals surface area contributed by atoms with E-state index in [0.717, 1.165) is 108 Å². The lowest BCUT2D eigenvalue weighted by Crippen LogP contribution is -2.59. The number of rotatable bonds is 19. The van der Waals surface area contributed by atoms with Gasteiger partial charge in [-0.15, -0.1) is 11.3 Å². The Bertz CT molecular complexity index is 3460. The molecule has 2 aromatic heterocycles. The number of halogens is 2. The van der Waals surface area contributed by atoms with E-state index in [4.69, 9.17) is 14.5 Å². The van der Waals surface area contributed by atoms with Gasteiger partial charge in [-0.25, -0.2) is 13.8 Å². The summed E-state index contributed by atoms with van der Waals surface area (Å²) in [5, 5.41) is 26.7. The number of fused-ring (bicyclic) bond motifs is 1. The Hall–Kier alpha value is -7.75. The van der Waals surface area contributed by atoms with Crippen LogP contribution in [0, 0.1) is 29.5 Å². The van der Waals surface area contributed by atoms with Crippen LogP contribution >= 0.6 is 11.3 Å². The maximum absolute atomic E-state index is 14.8. The predicted octanol–water partition coefficient (Wildman–Crippen LogP) is 9.37. The number of piperidine rings is 2. The van der Waals surface area contributed by atoms with Crippen LogP contribution in [-0.2, 0) is 30.5 Å². The number of benzene rings is 4. The van der Waals surface area contributed by atoms with Crippen LogP contribution in [0.15, 0.2) is 96.6 Å². The van der Waals surface area contributed by atoms with E-state index in [1.165, 1.54) is 29.2 Å². The van der Waals surface area contributed by atoms with E-state index < -0.39 is 70.0 Å². The molecule has 5 fully saturated rings. The number of pyridine rings is 1. The van der Waals surface area contributed by atoms with E-state index in [0.29, 0.717) is 41.6 Å². The molecule has 3 atom stereocenters. The summed E-state index contributed by atoms with van der Waals surface area (Å²) in [6, 6.07) is 22.5. The Morgan fingerprint density at radius 2 is 1.51 bits per heavy atom. The topological polar surface area (TPSA) is 220 Å². The lowest BCUT2D eigenvalue weighted by molar-refractivity contribution is -0.145. The summed E-state index contributed by atoms with van der Waals surface area (Å²) in [5.74, 6) is -0.622. The first-order chi connectivity index (χ1) is 40.7. The summed E-state index contributed by atoms with van der Waals surface area (Å²) in [5.41, 5.74) is 4.30. The number of carbonyl (C=O) groups excluding carboxylic acids is 5. The van der Waals surface area contributed by atoms with Crippen LogP contribution in [0.2, 0.25) is 0 Å². The summed E-state index contributed by atoms with van der Waals surface area (Å²) >= 11 is 1.57. The Morgan fingerprint density at radius 1 is 0.824 bits per heavy atom. The van der Waals surface area contributed by atoms with Gasteiger partial charge in [0.1, 0.15) is 40.6 Å². The van der Waals surface area contributed by atoms with E-state index in [-0.39, 0.29) is 38.4 Å². The Labute approximate surface area is 497 Å². The zero-order valence-electron chi connectivity index (χ0n) is 48.6. The highest BCUT2D eigenvalue weighted by Gasteiger charge is 2.57. The molecule has 18 nitrogen and oxygen atoms in total. The number of hydrogen-bond donors (Lipinski definition) is 6. The number of carbonyl (C=O) groups is 5. The van der Waals surface area contributed by atoms with Crippen molar-refractivity contribution >= 4 is 74.5 Å². The summed E-state index contributed by atoms with van der Waals surface area (Å²) in [4.78, 5) is 83.9. The molecule has 6 aromatic rings. The van der Waals surface area contributed by atoms with Crippen molar-refractivity contribution in [1.82, 2.24) is 30.4 Å². The number of nitrogens with zero attached hydrogens (tertiary/aromatic N) is 5. The van der Waals surface area contributed by atoms with E-state index in [9.17, 15) is 37.9 Å². The van der Waals surface area contributed by atoms with Gasteiger partial charge in [0.15, 0.2) is 5.67 Å². The first-order valence-corrected chi connectivity index (χ1v) is 30.3. The van der Waals surface area contributed by atoms with Crippen LogP contribution in [0.1, 0.15) is 89.8 Å². The molecule has 3 aliphatic heterocycles. The molecule has 85 heavy (non-hydrogen) atoms. The number of nitrogens with one attached hydrogen (secondary N) is 5. The molecule has 21 heteroatoms. The minimum absolute atomic E-state index is 0.0410. The fraction of sp³-hybridized carbons (Fsp3) is 0.453. The van der Waals surface area contributed by atoms with Crippen molar-refractivity contribution in [3.8, 4) is 27.7 Å². The number of thiazole rings is 1. The van der Waals surface area contributed by atoms with Gasteiger partial charge in [-0.2, -0.15) is 0 Å². The van der Waals surface area contributed by atoms with Gasteiger partial charge in [0, 0.05) is 86.9 Å². The van der Waals surface area contributed by atoms with Crippen molar-refractivity contribution in [2.75, 3.05) is 67.2 Å². The van der Waals surface area contributed by atoms with Crippen LogP contribution < -0.4 is 41.0 Å². The van der Waals surface area contributed by atoms with Gasteiger partial charge in [0.05, 0.1) is 40.5 Å². The summed E-state index contributed by atoms with van der Waals surface area (Å²) in [6.45, 7) is 12.0. The number of aliphatic hydroxyl groups excluding tert-OH is 1. The van der Waals surface area contributed by atoms with Crippen LogP contribution in [0.25, 0.3) is 21.3 Å². The lowest BCUT2D eigenvalue weighted by atomic mass is 9.85. The maximum atomic E-state index is 14.8. The maximum Gasteiger partial charge on any atom is 0.258 e. The minimum atomic E-state index is -1.97. The fourth-order valence-electron chi connectivity index (χ4n) is 11.9. The van der Waals surface area contributed by atoms with Crippen LogP contribution in [-0.4, -0.2) is 131 Å². The highest BCUT2D eigenvalue weighted by molar-refractivity contribution is 7.13. The van der Waals surface area contributed by atoms with E-state index in [1.807, 2.05) is 30.6 Å². The van der Waals surface area contributed by atoms with Crippen molar-refractivity contribution < 1.29 is 47.3 Å². The zero-order valence-corrected chi connectivity index (χ0v) is 49.5. The summed E-state index contributed by atoms with van der Waals surface area (Å²) < 4.78 is 40.5. The second-order valence-electron chi connectivity index (χ2n) is 24.6. The third-order valence-electron chi connectivity index (χ3n) is 17.4. The fourth-order valence-corrected chi connectivity index (χ4v) is 12.7. The lowest BCUT2D eigenvalue weighted by Gasteiger charge is -2.39.